The van der Waals surface area contributed by atoms with E-state index >= 15 is 0 Å². The highest BCUT2D eigenvalue weighted by molar-refractivity contribution is 7.12. The summed E-state index contributed by atoms with van der Waals surface area (Å²) in [7, 11) is 0. The second-order valence-corrected chi connectivity index (χ2v) is 6.84. The molecule has 1 fully saturated rings. The molecule has 3 rings (SSSR count). The van der Waals surface area contributed by atoms with Gasteiger partial charge in [0.1, 0.15) is 0 Å². The molecule has 3 heterocycles. The largest absolute Gasteiger partial charge is 0.335 e. The van der Waals surface area contributed by atoms with E-state index in [1.807, 2.05) is 39.9 Å². The Labute approximate surface area is 131 Å². The predicted octanol–water partition coefficient (Wildman–Crippen LogP) is 2.45. The summed E-state index contributed by atoms with van der Waals surface area (Å²) in [6.45, 7) is 3.34. The molecule has 0 spiro atoms. The average Bonchev–Trinajstić information content (AvgIpc) is 3.20. The fraction of sp³-hybridized carbons (Fsp3) is 0.333. The van der Waals surface area contributed by atoms with Gasteiger partial charge in [-0.3, -0.25) is 14.5 Å². The Balaban J connectivity index is 1.51. The molecule has 0 aliphatic carbocycles. The number of piperazine rings is 1. The van der Waals surface area contributed by atoms with E-state index in [0.717, 1.165) is 22.8 Å². The number of hydrogen-bond acceptors (Lipinski definition) is 5. The van der Waals surface area contributed by atoms with Gasteiger partial charge in [0, 0.05) is 26.2 Å². The molecule has 0 saturated carbocycles. The number of rotatable bonds is 4. The van der Waals surface area contributed by atoms with Crippen molar-refractivity contribution in [2.75, 3.05) is 32.7 Å². The number of Topliss-reactive ketones (excluding diaryl/α,β-unsaturated/α-hetero) is 1. The zero-order chi connectivity index (χ0) is 14.7. The molecule has 0 bridgehead atoms. The summed E-state index contributed by atoms with van der Waals surface area (Å²) < 4.78 is 0. The second-order valence-electron chi connectivity index (χ2n) is 4.95. The van der Waals surface area contributed by atoms with Gasteiger partial charge in [0.25, 0.3) is 5.91 Å². The fourth-order valence-electron chi connectivity index (χ4n) is 2.38. The minimum absolute atomic E-state index is 0.106. The third-order valence-corrected chi connectivity index (χ3v) is 5.32. The van der Waals surface area contributed by atoms with E-state index in [1.165, 1.54) is 22.7 Å². The summed E-state index contributed by atoms with van der Waals surface area (Å²) in [6.07, 6.45) is 0. The van der Waals surface area contributed by atoms with Crippen molar-refractivity contribution in [3.05, 3.63) is 44.8 Å². The lowest BCUT2D eigenvalue weighted by molar-refractivity contribution is 0.0629. The minimum atomic E-state index is 0.106. The maximum absolute atomic E-state index is 12.2. The van der Waals surface area contributed by atoms with Crippen LogP contribution in [0.1, 0.15) is 19.3 Å². The van der Waals surface area contributed by atoms with E-state index in [-0.39, 0.29) is 11.7 Å². The lowest BCUT2D eigenvalue weighted by Crippen LogP contribution is -2.49. The molecule has 2 aromatic rings. The van der Waals surface area contributed by atoms with Crippen LogP contribution in [0.4, 0.5) is 0 Å². The minimum Gasteiger partial charge on any atom is -0.335 e. The number of nitrogens with zero attached hydrogens (tertiary/aromatic N) is 2. The number of hydrogen-bond donors (Lipinski definition) is 0. The average molecular weight is 320 g/mol. The normalized spacial score (nSPS) is 16.1. The molecule has 1 aliphatic rings. The number of ketones is 1. The van der Waals surface area contributed by atoms with Crippen molar-refractivity contribution < 1.29 is 9.59 Å². The van der Waals surface area contributed by atoms with Crippen LogP contribution < -0.4 is 0 Å². The van der Waals surface area contributed by atoms with Gasteiger partial charge in [-0.15, -0.1) is 22.7 Å². The first-order valence-electron chi connectivity index (χ1n) is 6.86. The maximum atomic E-state index is 12.2. The molecule has 1 aliphatic heterocycles. The molecule has 4 nitrogen and oxygen atoms in total. The Hall–Kier alpha value is -1.50. The molecule has 21 heavy (non-hydrogen) atoms. The maximum Gasteiger partial charge on any atom is 0.264 e. The van der Waals surface area contributed by atoms with E-state index in [0.29, 0.717) is 19.6 Å². The van der Waals surface area contributed by atoms with Crippen LogP contribution in [0.3, 0.4) is 0 Å². The SMILES string of the molecule is O=C(CN1CCN(C(=O)c2cccs2)CC1)c1cccs1. The van der Waals surface area contributed by atoms with E-state index < -0.39 is 0 Å². The van der Waals surface area contributed by atoms with Crippen molar-refractivity contribution >= 4 is 34.4 Å². The quantitative estimate of drug-likeness (QED) is 0.813. The van der Waals surface area contributed by atoms with Gasteiger partial charge in [-0.05, 0) is 22.9 Å². The molecule has 6 heteroatoms. The lowest BCUT2D eigenvalue weighted by atomic mass is 10.2. The lowest BCUT2D eigenvalue weighted by Gasteiger charge is -2.34. The molecule has 110 valence electrons. The van der Waals surface area contributed by atoms with Crippen molar-refractivity contribution in [1.82, 2.24) is 9.80 Å². The molecule has 1 saturated heterocycles. The van der Waals surface area contributed by atoms with Gasteiger partial charge in [0.2, 0.25) is 0 Å². The first-order valence-corrected chi connectivity index (χ1v) is 8.62. The van der Waals surface area contributed by atoms with Crippen LogP contribution in [0, 0.1) is 0 Å². The van der Waals surface area contributed by atoms with Gasteiger partial charge in [0.15, 0.2) is 5.78 Å². The number of amides is 1. The standard InChI is InChI=1S/C15H16N2O2S2/c18-12(13-3-1-9-20-13)11-16-5-7-17(8-6-16)15(19)14-4-2-10-21-14/h1-4,9-10H,5-8,11H2. The number of carbonyl (C=O) groups excluding carboxylic acids is 2. The summed E-state index contributed by atoms with van der Waals surface area (Å²) in [5, 5.41) is 3.84. The van der Waals surface area contributed by atoms with Gasteiger partial charge in [-0.2, -0.15) is 0 Å². The van der Waals surface area contributed by atoms with Crippen LogP contribution in [-0.2, 0) is 0 Å². The Morgan fingerprint density at radius 3 is 2.14 bits per heavy atom. The van der Waals surface area contributed by atoms with Crippen molar-refractivity contribution in [3.63, 3.8) is 0 Å². The molecule has 2 aromatic heterocycles. The van der Waals surface area contributed by atoms with E-state index in [4.69, 9.17) is 0 Å². The first-order chi connectivity index (χ1) is 10.2. The molecular weight excluding hydrogens is 304 g/mol. The molecule has 0 atom stereocenters. The van der Waals surface area contributed by atoms with Crippen LogP contribution in [-0.4, -0.2) is 54.2 Å². The van der Waals surface area contributed by atoms with Gasteiger partial charge >= 0.3 is 0 Å². The zero-order valence-electron chi connectivity index (χ0n) is 11.5. The van der Waals surface area contributed by atoms with E-state index in [2.05, 4.69) is 4.90 Å². The third kappa shape index (κ3) is 3.40. The molecule has 0 radical (unpaired) electrons. The third-order valence-electron chi connectivity index (χ3n) is 3.55. The summed E-state index contributed by atoms with van der Waals surface area (Å²) >= 11 is 2.96. The summed E-state index contributed by atoms with van der Waals surface area (Å²) in [5.41, 5.74) is 0. The molecule has 0 N–H and O–H groups in total. The first kappa shape index (κ1) is 14.4. The molecule has 0 aromatic carbocycles. The summed E-state index contributed by atoms with van der Waals surface area (Å²) in [4.78, 5) is 29.9. The van der Waals surface area contributed by atoms with Crippen LogP contribution >= 0.6 is 22.7 Å². The van der Waals surface area contributed by atoms with Crippen molar-refractivity contribution in [2.24, 2.45) is 0 Å². The van der Waals surface area contributed by atoms with Crippen LogP contribution in [0.5, 0.6) is 0 Å². The highest BCUT2D eigenvalue weighted by atomic mass is 32.1. The van der Waals surface area contributed by atoms with Crippen LogP contribution in [0.15, 0.2) is 35.0 Å². The van der Waals surface area contributed by atoms with Gasteiger partial charge in [-0.1, -0.05) is 12.1 Å². The monoisotopic (exact) mass is 320 g/mol. The molecular formula is C15H16N2O2S2. The van der Waals surface area contributed by atoms with Gasteiger partial charge < -0.3 is 4.90 Å². The van der Waals surface area contributed by atoms with E-state index in [9.17, 15) is 9.59 Å². The Morgan fingerprint density at radius 2 is 1.57 bits per heavy atom. The highest BCUT2D eigenvalue weighted by Gasteiger charge is 2.24. The van der Waals surface area contributed by atoms with Crippen molar-refractivity contribution in [3.8, 4) is 0 Å². The Morgan fingerprint density at radius 1 is 0.952 bits per heavy atom. The number of carbonyl (C=O) groups is 2. The van der Waals surface area contributed by atoms with E-state index in [1.54, 1.807) is 0 Å². The van der Waals surface area contributed by atoms with Gasteiger partial charge in [0.05, 0.1) is 16.3 Å². The van der Waals surface area contributed by atoms with Crippen LogP contribution in [0.2, 0.25) is 0 Å². The second kappa shape index (κ2) is 6.51. The molecule has 1 amide bonds. The Bertz CT molecular complexity index is 600. The summed E-state index contributed by atoms with van der Waals surface area (Å²) in [5.74, 6) is 0.275. The van der Waals surface area contributed by atoms with Crippen LogP contribution in [0.25, 0.3) is 0 Å². The molecule has 0 unspecified atom stereocenters. The smallest absolute Gasteiger partial charge is 0.264 e. The Kier molecular flexibility index (Phi) is 4.48. The zero-order valence-corrected chi connectivity index (χ0v) is 13.2. The fourth-order valence-corrected chi connectivity index (χ4v) is 3.73. The topological polar surface area (TPSA) is 40.6 Å². The van der Waals surface area contributed by atoms with Crippen molar-refractivity contribution in [1.29, 1.82) is 0 Å². The van der Waals surface area contributed by atoms with Gasteiger partial charge in [-0.25, -0.2) is 0 Å². The number of thiophene rings is 2. The van der Waals surface area contributed by atoms with Crippen molar-refractivity contribution in [2.45, 2.75) is 0 Å². The summed E-state index contributed by atoms with van der Waals surface area (Å²) in [6, 6.07) is 7.52. The highest BCUT2D eigenvalue weighted by Crippen LogP contribution is 2.15. The predicted molar refractivity (Wildman–Crippen MR) is 85.3 cm³/mol.